The predicted molar refractivity (Wildman–Crippen MR) is 52.7 cm³/mol. The minimum Gasteiger partial charge on any atom is -0.496 e. The summed E-state index contributed by atoms with van der Waals surface area (Å²) in [5.41, 5.74) is 0. The summed E-state index contributed by atoms with van der Waals surface area (Å²) in [6.45, 7) is -0.393. The molecule has 0 aliphatic rings. The Bertz CT molecular complexity index is 325. The summed E-state index contributed by atoms with van der Waals surface area (Å²) in [5, 5.41) is 8.44. The highest BCUT2D eigenvalue weighted by Crippen LogP contribution is 2.27. The summed E-state index contributed by atoms with van der Waals surface area (Å²) in [5.74, 6) is 0.467. The van der Waals surface area contributed by atoms with E-state index in [2.05, 4.69) is 0 Å². The van der Waals surface area contributed by atoms with Gasteiger partial charge in [0.2, 0.25) is 0 Å². The summed E-state index contributed by atoms with van der Waals surface area (Å²) in [4.78, 5) is 10.3. The van der Waals surface area contributed by atoms with E-state index in [1.165, 1.54) is 14.2 Å². The van der Waals surface area contributed by atoms with Gasteiger partial charge >= 0.3 is 5.97 Å². The van der Waals surface area contributed by atoms with Crippen LogP contribution in [0.15, 0.2) is 18.2 Å². The van der Waals surface area contributed by atoms with Crippen molar-refractivity contribution >= 4 is 5.97 Å². The van der Waals surface area contributed by atoms with E-state index < -0.39 is 12.6 Å². The summed E-state index contributed by atoms with van der Waals surface area (Å²) >= 11 is 0. The number of carbonyl (C=O) groups is 1. The normalized spacial score (nSPS) is 9.47. The maximum atomic E-state index is 10.3. The number of hydrogen-bond acceptors (Lipinski definition) is 4. The van der Waals surface area contributed by atoms with Gasteiger partial charge in [-0.15, -0.1) is 0 Å². The quantitative estimate of drug-likeness (QED) is 0.793. The monoisotopic (exact) mass is 212 g/mol. The standard InChI is InChI=1S/C10H12O5/c1-13-7-3-8(14-2)5-9(4-7)15-6-10(11)12/h3-5H,6H2,1-2H3,(H,11,12). The average molecular weight is 212 g/mol. The lowest BCUT2D eigenvalue weighted by Gasteiger charge is -2.08. The molecule has 0 fully saturated rings. The Labute approximate surface area is 87.2 Å². The van der Waals surface area contributed by atoms with E-state index in [9.17, 15) is 4.79 Å². The first-order valence-corrected chi connectivity index (χ1v) is 4.23. The van der Waals surface area contributed by atoms with Crippen molar-refractivity contribution in [1.82, 2.24) is 0 Å². The van der Waals surface area contributed by atoms with E-state index in [0.29, 0.717) is 17.2 Å². The Morgan fingerprint density at radius 3 is 2.00 bits per heavy atom. The molecule has 0 unspecified atom stereocenters. The first-order valence-electron chi connectivity index (χ1n) is 4.23. The fourth-order valence-electron chi connectivity index (χ4n) is 1.01. The van der Waals surface area contributed by atoms with Crippen molar-refractivity contribution in [3.05, 3.63) is 18.2 Å². The Balaban J connectivity index is 2.81. The van der Waals surface area contributed by atoms with Crippen LogP contribution in [0, 0.1) is 0 Å². The molecule has 0 amide bonds. The minimum absolute atomic E-state index is 0.393. The molecule has 0 aliphatic carbocycles. The molecule has 0 saturated carbocycles. The van der Waals surface area contributed by atoms with Crippen LogP contribution in [0.5, 0.6) is 17.2 Å². The molecule has 15 heavy (non-hydrogen) atoms. The minimum atomic E-state index is -1.03. The van der Waals surface area contributed by atoms with Crippen molar-refractivity contribution in [1.29, 1.82) is 0 Å². The summed E-state index contributed by atoms with van der Waals surface area (Å²) < 4.78 is 15.0. The van der Waals surface area contributed by atoms with Gasteiger partial charge in [-0.05, 0) is 0 Å². The average Bonchev–Trinajstić information content (AvgIpc) is 2.25. The van der Waals surface area contributed by atoms with Gasteiger partial charge in [0.1, 0.15) is 17.2 Å². The number of hydrogen-bond donors (Lipinski definition) is 1. The molecular formula is C10H12O5. The smallest absolute Gasteiger partial charge is 0.341 e. The highest BCUT2D eigenvalue weighted by atomic mass is 16.5. The van der Waals surface area contributed by atoms with Crippen molar-refractivity contribution in [3.8, 4) is 17.2 Å². The highest BCUT2D eigenvalue weighted by Gasteiger charge is 2.04. The topological polar surface area (TPSA) is 65.0 Å². The third-order valence-electron chi connectivity index (χ3n) is 1.69. The molecule has 0 radical (unpaired) electrons. The molecular weight excluding hydrogens is 200 g/mol. The van der Waals surface area contributed by atoms with Gasteiger partial charge in [-0.2, -0.15) is 0 Å². The molecule has 0 aromatic heterocycles. The zero-order valence-corrected chi connectivity index (χ0v) is 8.52. The van der Waals surface area contributed by atoms with Crippen LogP contribution in [0.2, 0.25) is 0 Å². The Kier molecular flexibility index (Phi) is 3.79. The zero-order valence-electron chi connectivity index (χ0n) is 8.52. The van der Waals surface area contributed by atoms with Crippen LogP contribution in [0.3, 0.4) is 0 Å². The lowest BCUT2D eigenvalue weighted by atomic mass is 10.3. The van der Waals surface area contributed by atoms with Gasteiger partial charge in [0.05, 0.1) is 14.2 Å². The molecule has 1 aromatic carbocycles. The SMILES string of the molecule is COc1cc(OC)cc(OCC(=O)O)c1. The van der Waals surface area contributed by atoms with E-state index in [1.54, 1.807) is 18.2 Å². The van der Waals surface area contributed by atoms with Crippen LogP contribution in [-0.4, -0.2) is 31.9 Å². The second-order valence-corrected chi connectivity index (χ2v) is 2.73. The number of rotatable bonds is 5. The predicted octanol–water partition coefficient (Wildman–Crippen LogP) is 1.17. The van der Waals surface area contributed by atoms with Crippen molar-refractivity contribution in [3.63, 3.8) is 0 Å². The van der Waals surface area contributed by atoms with E-state index in [0.717, 1.165) is 0 Å². The lowest BCUT2D eigenvalue weighted by Crippen LogP contribution is -2.09. The molecule has 0 heterocycles. The fourth-order valence-corrected chi connectivity index (χ4v) is 1.01. The molecule has 82 valence electrons. The molecule has 1 aromatic rings. The number of carboxylic acids is 1. The van der Waals surface area contributed by atoms with Gasteiger partial charge in [-0.3, -0.25) is 0 Å². The summed E-state index contributed by atoms with van der Waals surface area (Å²) in [6, 6.07) is 4.85. The molecule has 0 spiro atoms. The molecule has 1 N–H and O–H groups in total. The van der Waals surface area contributed by atoms with Crippen molar-refractivity contribution in [2.24, 2.45) is 0 Å². The summed E-state index contributed by atoms with van der Waals surface area (Å²) in [7, 11) is 3.02. The maximum absolute atomic E-state index is 10.3. The first-order chi connectivity index (χ1) is 7.15. The molecule has 0 saturated heterocycles. The molecule has 0 aliphatic heterocycles. The van der Waals surface area contributed by atoms with Crippen molar-refractivity contribution in [2.75, 3.05) is 20.8 Å². The van der Waals surface area contributed by atoms with Crippen molar-refractivity contribution in [2.45, 2.75) is 0 Å². The third kappa shape index (κ3) is 3.38. The number of methoxy groups -OCH3 is 2. The van der Waals surface area contributed by atoms with Gasteiger partial charge in [0.15, 0.2) is 6.61 Å². The lowest BCUT2D eigenvalue weighted by molar-refractivity contribution is -0.139. The van der Waals surface area contributed by atoms with Gasteiger partial charge in [0, 0.05) is 18.2 Å². The van der Waals surface area contributed by atoms with Gasteiger partial charge in [-0.1, -0.05) is 0 Å². The second-order valence-electron chi connectivity index (χ2n) is 2.73. The molecule has 0 bridgehead atoms. The van der Waals surface area contributed by atoms with Gasteiger partial charge in [0.25, 0.3) is 0 Å². The van der Waals surface area contributed by atoms with Crippen LogP contribution in [0.4, 0.5) is 0 Å². The number of carboxylic acid groups (broad SMARTS) is 1. The molecule has 5 heteroatoms. The van der Waals surface area contributed by atoms with E-state index in [1.807, 2.05) is 0 Å². The van der Waals surface area contributed by atoms with E-state index in [4.69, 9.17) is 19.3 Å². The van der Waals surface area contributed by atoms with Gasteiger partial charge in [-0.25, -0.2) is 4.79 Å². The number of aliphatic carboxylic acids is 1. The Morgan fingerprint density at radius 1 is 1.13 bits per heavy atom. The fraction of sp³-hybridized carbons (Fsp3) is 0.300. The maximum Gasteiger partial charge on any atom is 0.341 e. The highest BCUT2D eigenvalue weighted by molar-refractivity contribution is 5.68. The van der Waals surface area contributed by atoms with Gasteiger partial charge < -0.3 is 19.3 Å². The third-order valence-corrected chi connectivity index (χ3v) is 1.69. The number of ether oxygens (including phenoxy) is 3. The van der Waals surface area contributed by atoms with E-state index in [-0.39, 0.29) is 0 Å². The van der Waals surface area contributed by atoms with Crippen molar-refractivity contribution < 1.29 is 24.1 Å². The van der Waals surface area contributed by atoms with Crippen LogP contribution in [0.1, 0.15) is 0 Å². The molecule has 5 nitrogen and oxygen atoms in total. The largest absolute Gasteiger partial charge is 0.496 e. The van der Waals surface area contributed by atoms with E-state index >= 15 is 0 Å². The van der Waals surface area contributed by atoms with Crippen LogP contribution in [-0.2, 0) is 4.79 Å². The number of benzene rings is 1. The molecule has 1 rings (SSSR count). The van der Waals surface area contributed by atoms with Crippen LogP contribution >= 0.6 is 0 Å². The van der Waals surface area contributed by atoms with Crippen LogP contribution in [0.25, 0.3) is 0 Å². The van der Waals surface area contributed by atoms with Crippen LogP contribution < -0.4 is 14.2 Å². The first kappa shape index (κ1) is 11.2. The summed E-state index contributed by atoms with van der Waals surface area (Å²) in [6.07, 6.45) is 0. The Hall–Kier alpha value is -1.91. The Morgan fingerprint density at radius 2 is 1.60 bits per heavy atom. The molecule has 0 atom stereocenters. The zero-order chi connectivity index (χ0) is 11.3. The second kappa shape index (κ2) is 5.09.